The van der Waals surface area contributed by atoms with Crippen LogP contribution >= 0.6 is 15.9 Å². The van der Waals surface area contributed by atoms with Crippen LogP contribution in [0, 0.1) is 5.82 Å². The van der Waals surface area contributed by atoms with Crippen LogP contribution in [0.3, 0.4) is 0 Å². The van der Waals surface area contributed by atoms with Crippen molar-refractivity contribution in [2.75, 3.05) is 5.32 Å². The summed E-state index contributed by atoms with van der Waals surface area (Å²) in [4.78, 5) is 17.0. The van der Waals surface area contributed by atoms with Gasteiger partial charge in [-0.1, -0.05) is 18.2 Å². The van der Waals surface area contributed by atoms with E-state index in [1.54, 1.807) is 24.4 Å². The summed E-state index contributed by atoms with van der Waals surface area (Å²) in [7, 11) is 0. The molecule has 33 heavy (non-hydrogen) atoms. The van der Waals surface area contributed by atoms with Crippen molar-refractivity contribution in [1.82, 2.24) is 24.4 Å². The lowest BCUT2D eigenvalue weighted by Crippen LogP contribution is -2.16. The van der Waals surface area contributed by atoms with Crippen molar-refractivity contribution in [3.05, 3.63) is 75.5 Å². The van der Waals surface area contributed by atoms with Crippen LogP contribution in [0.5, 0.6) is 0 Å². The Kier molecular flexibility index (Phi) is 5.19. The van der Waals surface area contributed by atoms with E-state index in [-0.39, 0.29) is 29.6 Å². The average Bonchev–Trinajstić information content (AvgIpc) is 3.42. The summed E-state index contributed by atoms with van der Waals surface area (Å²) in [5.41, 5.74) is -0.527. The Morgan fingerprint density at radius 3 is 2.64 bits per heavy atom. The van der Waals surface area contributed by atoms with E-state index in [0.717, 1.165) is 18.9 Å². The highest BCUT2D eigenvalue weighted by Gasteiger charge is 2.37. The number of nitrogens with zero attached hydrogens (tertiary/aromatic N) is 5. The largest absolute Gasteiger partial charge is 0.433 e. The minimum atomic E-state index is -4.65. The maximum atomic E-state index is 13.9. The van der Waals surface area contributed by atoms with Gasteiger partial charge in [0.1, 0.15) is 11.5 Å². The third kappa shape index (κ3) is 4.34. The summed E-state index contributed by atoms with van der Waals surface area (Å²) in [5, 5.41) is 10.6. The molecule has 0 saturated heterocycles. The van der Waals surface area contributed by atoms with Gasteiger partial charge >= 0.3 is 6.18 Å². The lowest BCUT2D eigenvalue weighted by atomic mass is 10.2. The number of rotatable bonds is 5. The quantitative estimate of drug-likeness (QED) is 0.373. The molecule has 1 N–H and O–H groups in total. The first kappa shape index (κ1) is 21.6. The monoisotopic (exact) mass is 522 g/mol. The Morgan fingerprint density at radius 1 is 1.18 bits per heavy atom. The van der Waals surface area contributed by atoms with E-state index in [1.165, 1.54) is 16.8 Å². The summed E-state index contributed by atoms with van der Waals surface area (Å²) in [6, 6.07) is 8.41. The predicted molar refractivity (Wildman–Crippen MR) is 113 cm³/mol. The maximum Gasteiger partial charge on any atom is 0.433 e. The summed E-state index contributed by atoms with van der Waals surface area (Å²) < 4.78 is 57.1. The minimum absolute atomic E-state index is 0.00218. The minimum Gasteiger partial charge on any atom is -0.303 e. The van der Waals surface area contributed by atoms with Crippen molar-refractivity contribution in [2.24, 2.45) is 0 Å². The van der Waals surface area contributed by atoms with E-state index >= 15 is 0 Å². The molecule has 0 spiro atoms. The van der Waals surface area contributed by atoms with Gasteiger partial charge in [-0.15, -0.1) is 0 Å². The molecule has 3 aromatic heterocycles. The number of carbonyl (C=O) groups is 1. The zero-order valence-electron chi connectivity index (χ0n) is 16.8. The zero-order chi connectivity index (χ0) is 23.3. The highest BCUT2D eigenvalue weighted by atomic mass is 79.9. The van der Waals surface area contributed by atoms with Gasteiger partial charge < -0.3 is 5.32 Å². The number of alkyl halides is 3. The number of amides is 1. The Bertz CT molecular complexity index is 1380. The van der Waals surface area contributed by atoms with Crippen molar-refractivity contribution < 1.29 is 22.4 Å². The van der Waals surface area contributed by atoms with Crippen LogP contribution in [0.15, 0.2) is 47.1 Å². The molecular weight excluding hydrogens is 508 g/mol. The van der Waals surface area contributed by atoms with E-state index in [9.17, 15) is 22.4 Å². The molecular formula is C21H15BrF4N6O. The second kappa shape index (κ2) is 7.94. The number of hydrogen-bond donors (Lipinski definition) is 1. The molecule has 1 amide bonds. The molecule has 1 fully saturated rings. The SMILES string of the molecule is O=C(Nc1nn(Cc2ccccc2F)cc1Br)c1cc2nc(C3CC3)cc(C(F)(F)F)n2n1. The van der Waals surface area contributed by atoms with E-state index in [1.807, 2.05) is 0 Å². The molecule has 4 aromatic rings. The summed E-state index contributed by atoms with van der Waals surface area (Å²) in [5.74, 6) is -1.02. The molecule has 1 saturated carbocycles. The third-order valence-electron chi connectivity index (χ3n) is 5.20. The normalized spacial score (nSPS) is 14.1. The smallest absolute Gasteiger partial charge is 0.303 e. The second-order valence-corrected chi connectivity index (χ2v) is 8.56. The Hall–Kier alpha value is -3.28. The van der Waals surface area contributed by atoms with Crippen molar-refractivity contribution in [1.29, 1.82) is 0 Å². The molecule has 12 heteroatoms. The number of nitrogens with one attached hydrogen (secondary N) is 1. The Balaban J connectivity index is 1.42. The van der Waals surface area contributed by atoms with Gasteiger partial charge in [0.2, 0.25) is 0 Å². The number of halogens is 5. The Labute approximate surface area is 192 Å². The molecule has 7 nitrogen and oxygen atoms in total. The summed E-state index contributed by atoms with van der Waals surface area (Å²) in [6.07, 6.45) is -1.53. The highest BCUT2D eigenvalue weighted by molar-refractivity contribution is 9.10. The van der Waals surface area contributed by atoms with Crippen LogP contribution < -0.4 is 5.32 Å². The molecule has 0 bridgehead atoms. The van der Waals surface area contributed by atoms with E-state index in [2.05, 4.69) is 36.4 Å². The first-order valence-electron chi connectivity index (χ1n) is 9.94. The molecule has 0 aliphatic heterocycles. The Morgan fingerprint density at radius 2 is 1.94 bits per heavy atom. The highest BCUT2D eigenvalue weighted by Crippen LogP contribution is 2.41. The molecule has 0 radical (unpaired) electrons. The molecule has 1 aliphatic rings. The van der Waals surface area contributed by atoms with Gasteiger partial charge in [-0.25, -0.2) is 13.9 Å². The van der Waals surface area contributed by atoms with E-state index < -0.39 is 23.6 Å². The van der Waals surface area contributed by atoms with Gasteiger partial charge in [0.15, 0.2) is 17.2 Å². The zero-order valence-corrected chi connectivity index (χ0v) is 18.4. The van der Waals surface area contributed by atoms with Gasteiger partial charge in [0, 0.05) is 29.4 Å². The standard InChI is InChI=1S/C21H15BrF4N6O/c22-13-10-31(9-12-3-1-2-4-14(12)23)30-19(13)28-20(33)16-8-18-27-15(11-5-6-11)7-17(21(24,25)26)32(18)29-16/h1-4,7-8,10-11H,5-6,9H2,(H,28,30,33). The average molecular weight is 523 g/mol. The van der Waals surface area contributed by atoms with Crippen LogP contribution in [0.25, 0.3) is 5.65 Å². The van der Waals surface area contributed by atoms with Crippen molar-refractivity contribution in [3.8, 4) is 0 Å². The van der Waals surface area contributed by atoms with E-state index in [0.29, 0.717) is 20.2 Å². The first-order chi connectivity index (χ1) is 15.7. The fourth-order valence-electron chi connectivity index (χ4n) is 3.43. The summed E-state index contributed by atoms with van der Waals surface area (Å²) in [6.45, 7) is 0.123. The number of benzene rings is 1. The molecule has 0 unspecified atom stereocenters. The molecule has 1 aliphatic carbocycles. The first-order valence-corrected chi connectivity index (χ1v) is 10.7. The lowest BCUT2D eigenvalue weighted by molar-refractivity contribution is -0.142. The van der Waals surface area contributed by atoms with Crippen molar-refractivity contribution >= 4 is 33.3 Å². The van der Waals surface area contributed by atoms with Crippen LogP contribution in [0.4, 0.5) is 23.4 Å². The lowest BCUT2D eigenvalue weighted by Gasteiger charge is -2.10. The van der Waals surface area contributed by atoms with Gasteiger partial charge in [-0.05, 0) is 40.9 Å². The topological polar surface area (TPSA) is 77.1 Å². The van der Waals surface area contributed by atoms with Crippen LogP contribution in [-0.4, -0.2) is 30.3 Å². The molecule has 3 heterocycles. The molecule has 0 atom stereocenters. The van der Waals surface area contributed by atoms with Crippen molar-refractivity contribution in [2.45, 2.75) is 31.5 Å². The number of aromatic nitrogens is 5. The van der Waals surface area contributed by atoms with E-state index in [4.69, 9.17) is 0 Å². The van der Waals surface area contributed by atoms with Gasteiger partial charge in [0.05, 0.1) is 11.0 Å². The van der Waals surface area contributed by atoms with Gasteiger partial charge in [-0.3, -0.25) is 9.48 Å². The fourth-order valence-corrected chi connectivity index (χ4v) is 3.85. The maximum absolute atomic E-state index is 13.9. The van der Waals surface area contributed by atoms with Crippen LogP contribution in [0.2, 0.25) is 0 Å². The molecule has 1 aromatic carbocycles. The van der Waals surface area contributed by atoms with Crippen LogP contribution in [0.1, 0.15) is 46.2 Å². The third-order valence-corrected chi connectivity index (χ3v) is 5.79. The second-order valence-electron chi connectivity index (χ2n) is 7.71. The number of carbonyl (C=O) groups excluding carboxylic acids is 1. The predicted octanol–water partition coefficient (Wildman–Crippen LogP) is 5.02. The van der Waals surface area contributed by atoms with Crippen LogP contribution in [-0.2, 0) is 12.7 Å². The molecule has 170 valence electrons. The van der Waals surface area contributed by atoms with Gasteiger partial charge in [-0.2, -0.15) is 23.4 Å². The molecule has 5 rings (SSSR count). The number of hydrogen-bond acceptors (Lipinski definition) is 4. The number of fused-ring (bicyclic) bond motifs is 1. The number of anilines is 1. The summed E-state index contributed by atoms with van der Waals surface area (Å²) >= 11 is 3.28. The van der Waals surface area contributed by atoms with Crippen molar-refractivity contribution in [3.63, 3.8) is 0 Å². The fraction of sp³-hybridized carbons (Fsp3) is 0.238. The van der Waals surface area contributed by atoms with Gasteiger partial charge in [0.25, 0.3) is 5.91 Å².